The van der Waals surface area contributed by atoms with E-state index in [4.69, 9.17) is 0 Å². The zero-order chi connectivity index (χ0) is 12.8. The van der Waals surface area contributed by atoms with Gasteiger partial charge in [-0.15, -0.1) is 0 Å². The number of carbonyl (C=O) groups is 1. The van der Waals surface area contributed by atoms with Gasteiger partial charge in [0.2, 0.25) is 5.91 Å². The summed E-state index contributed by atoms with van der Waals surface area (Å²) in [4.78, 5) is 10.9. The molecule has 7 heteroatoms. The van der Waals surface area contributed by atoms with Crippen LogP contribution in [0.2, 0.25) is 0 Å². The van der Waals surface area contributed by atoms with Crippen LogP contribution in [0.3, 0.4) is 0 Å². The summed E-state index contributed by atoms with van der Waals surface area (Å²) in [5.74, 6) is -0.709. The first-order valence-electron chi connectivity index (χ1n) is 4.94. The molecule has 1 amide bonds. The number of carbonyl (C=O) groups excluding carboxylic acids is 1. The molecule has 16 heavy (non-hydrogen) atoms. The van der Waals surface area contributed by atoms with Crippen molar-refractivity contribution in [3.8, 4) is 0 Å². The highest BCUT2D eigenvalue weighted by molar-refractivity contribution is 5.77. The van der Waals surface area contributed by atoms with E-state index in [2.05, 4.69) is 5.32 Å². The average Bonchev–Trinajstić information content (AvgIpc) is 2.13. The molecule has 0 fully saturated rings. The lowest BCUT2D eigenvalue weighted by molar-refractivity contribution is -0.137. The van der Waals surface area contributed by atoms with Crippen LogP contribution in [-0.2, 0) is 4.79 Å². The predicted molar refractivity (Wildman–Crippen MR) is 52.8 cm³/mol. The molecule has 0 bridgehead atoms. The van der Waals surface area contributed by atoms with Gasteiger partial charge in [-0.25, -0.2) is 0 Å². The Morgan fingerprint density at radius 1 is 1.38 bits per heavy atom. The van der Waals surface area contributed by atoms with Gasteiger partial charge in [0.1, 0.15) is 6.54 Å². The number of halogens is 3. The van der Waals surface area contributed by atoms with Gasteiger partial charge in [0.15, 0.2) is 0 Å². The Bertz CT molecular complexity index is 219. The molecule has 4 nitrogen and oxygen atoms in total. The molecule has 0 aromatic rings. The maximum Gasteiger partial charge on any atom is 0.405 e. The first-order valence-corrected chi connectivity index (χ1v) is 4.94. The standard InChI is InChI=1S/C9H17F3N2O2/c1-6(2)7(15)3-13-4-8(16)14-5-9(10,11)12/h6-7,13,15H,3-5H2,1-2H3,(H,14,16). The summed E-state index contributed by atoms with van der Waals surface area (Å²) in [6.45, 7) is 2.21. The highest BCUT2D eigenvalue weighted by atomic mass is 19.4. The van der Waals surface area contributed by atoms with Gasteiger partial charge < -0.3 is 15.7 Å². The fourth-order valence-corrected chi connectivity index (χ4v) is 0.831. The van der Waals surface area contributed by atoms with Crippen LogP contribution >= 0.6 is 0 Å². The van der Waals surface area contributed by atoms with E-state index in [0.717, 1.165) is 0 Å². The predicted octanol–water partition coefficient (Wildman–Crippen LogP) is 0.271. The molecule has 0 saturated heterocycles. The third kappa shape index (κ3) is 8.49. The molecular weight excluding hydrogens is 225 g/mol. The zero-order valence-electron chi connectivity index (χ0n) is 9.27. The topological polar surface area (TPSA) is 61.4 Å². The maximum atomic E-state index is 11.7. The molecule has 0 aliphatic heterocycles. The second-order valence-electron chi connectivity index (χ2n) is 3.83. The molecule has 1 unspecified atom stereocenters. The Hall–Kier alpha value is -0.820. The van der Waals surface area contributed by atoms with E-state index in [0.29, 0.717) is 0 Å². The highest BCUT2D eigenvalue weighted by Crippen LogP contribution is 2.11. The van der Waals surface area contributed by atoms with Crippen LogP contribution in [0.4, 0.5) is 13.2 Å². The fourth-order valence-electron chi connectivity index (χ4n) is 0.831. The van der Waals surface area contributed by atoms with E-state index in [-0.39, 0.29) is 19.0 Å². The quantitative estimate of drug-likeness (QED) is 0.626. The third-order valence-corrected chi connectivity index (χ3v) is 1.89. The van der Waals surface area contributed by atoms with Gasteiger partial charge in [-0.2, -0.15) is 13.2 Å². The number of nitrogens with one attached hydrogen (secondary N) is 2. The normalized spacial score (nSPS) is 13.9. The molecule has 1 atom stereocenters. The molecule has 0 aliphatic rings. The van der Waals surface area contributed by atoms with Gasteiger partial charge in [0.05, 0.1) is 12.6 Å². The van der Waals surface area contributed by atoms with Gasteiger partial charge in [0, 0.05) is 6.54 Å². The maximum absolute atomic E-state index is 11.7. The van der Waals surface area contributed by atoms with Crippen molar-refractivity contribution in [2.45, 2.75) is 26.1 Å². The van der Waals surface area contributed by atoms with Gasteiger partial charge >= 0.3 is 6.18 Å². The van der Waals surface area contributed by atoms with E-state index in [1.165, 1.54) is 0 Å². The van der Waals surface area contributed by atoms with Gasteiger partial charge in [-0.3, -0.25) is 4.79 Å². The minimum Gasteiger partial charge on any atom is -0.392 e. The Morgan fingerprint density at radius 2 is 1.94 bits per heavy atom. The number of alkyl halides is 3. The van der Waals surface area contributed by atoms with Crippen LogP contribution in [0.15, 0.2) is 0 Å². The number of rotatable bonds is 6. The molecule has 0 aromatic heterocycles. The third-order valence-electron chi connectivity index (χ3n) is 1.89. The molecule has 0 radical (unpaired) electrons. The van der Waals surface area contributed by atoms with E-state index in [1.54, 1.807) is 19.2 Å². The highest BCUT2D eigenvalue weighted by Gasteiger charge is 2.27. The molecule has 0 heterocycles. The smallest absolute Gasteiger partial charge is 0.392 e. The Labute approximate surface area is 92.2 Å². The molecule has 0 rings (SSSR count). The van der Waals surface area contributed by atoms with Crippen molar-refractivity contribution < 1.29 is 23.1 Å². The minimum absolute atomic E-state index is 0.0331. The summed E-state index contributed by atoms with van der Waals surface area (Å²) in [6.07, 6.45) is -5.01. The van der Waals surface area contributed by atoms with Crippen molar-refractivity contribution in [1.82, 2.24) is 10.6 Å². The Morgan fingerprint density at radius 3 is 2.38 bits per heavy atom. The zero-order valence-corrected chi connectivity index (χ0v) is 9.27. The van der Waals surface area contributed by atoms with Crippen LogP contribution in [0.1, 0.15) is 13.8 Å². The summed E-state index contributed by atoms with van der Waals surface area (Å²) in [7, 11) is 0. The lowest BCUT2D eigenvalue weighted by Gasteiger charge is -2.15. The SMILES string of the molecule is CC(C)C(O)CNCC(=O)NCC(F)(F)F. The lowest BCUT2D eigenvalue weighted by Crippen LogP contribution is -2.41. The largest absolute Gasteiger partial charge is 0.405 e. The Balaban J connectivity index is 3.59. The summed E-state index contributed by atoms with van der Waals surface area (Å²) in [5, 5.41) is 13.6. The van der Waals surface area contributed by atoms with E-state index in [1.807, 2.05) is 0 Å². The minimum atomic E-state index is -4.40. The van der Waals surface area contributed by atoms with Crippen LogP contribution in [0.5, 0.6) is 0 Å². The fraction of sp³-hybridized carbons (Fsp3) is 0.889. The molecule has 3 N–H and O–H groups in total. The van der Waals surface area contributed by atoms with Crippen molar-refractivity contribution in [3.05, 3.63) is 0 Å². The number of aliphatic hydroxyl groups excluding tert-OH is 1. The van der Waals surface area contributed by atoms with E-state index >= 15 is 0 Å². The van der Waals surface area contributed by atoms with E-state index in [9.17, 15) is 23.1 Å². The van der Waals surface area contributed by atoms with Crippen LogP contribution in [0.25, 0.3) is 0 Å². The van der Waals surface area contributed by atoms with Gasteiger partial charge in [-0.05, 0) is 5.92 Å². The van der Waals surface area contributed by atoms with Crippen molar-refractivity contribution in [2.75, 3.05) is 19.6 Å². The first kappa shape index (κ1) is 15.2. The number of amides is 1. The van der Waals surface area contributed by atoms with Crippen molar-refractivity contribution in [1.29, 1.82) is 0 Å². The molecule has 0 aliphatic carbocycles. The first-order chi connectivity index (χ1) is 7.22. The van der Waals surface area contributed by atoms with Gasteiger partial charge in [0.25, 0.3) is 0 Å². The summed E-state index contributed by atoms with van der Waals surface area (Å²) in [6, 6.07) is 0. The second-order valence-corrected chi connectivity index (χ2v) is 3.83. The molecule has 0 aromatic carbocycles. The molecular formula is C9H17F3N2O2. The van der Waals surface area contributed by atoms with Crippen LogP contribution < -0.4 is 10.6 Å². The van der Waals surface area contributed by atoms with E-state index < -0.39 is 24.7 Å². The van der Waals surface area contributed by atoms with Crippen molar-refractivity contribution in [3.63, 3.8) is 0 Å². The lowest BCUT2D eigenvalue weighted by atomic mass is 10.1. The summed E-state index contributed by atoms with van der Waals surface area (Å²) < 4.78 is 35.1. The van der Waals surface area contributed by atoms with Gasteiger partial charge in [-0.1, -0.05) is 13.8 Å². The number of hydrogen-bond donors (Lipinski definition) is 3. The average molecular weight is 242 g/mol. The van der Waals surface area contributed by atoms with Crippen LogP contribution in [0, 0.1) is 5.92 Å². The monoisotopic (exact) mass is 242 g/mol. The van der Waals surface area contributed by atoms with Crippen molar-refractivity contribution >= 4 is 5.91 Å². The van der Waals surface area contributed by atoms with Crippen molar-refractivity contribution in [2.24, 2.45) is 5.92 Å². The molecule has 0 saturated carbocycles. The van der Waals surface area contributed by atoms with Crippen LogP contribution in [-0.4, -0.2) is 42.9 Å². The molecule has 96 valence electrons. The second kappa shape index (κ2) is 6.70. The summed E-state index contributed by atoms with van der Waals surface area (Å²) >= 11 is 0. The summed E-state index contributed by atoms with van der Waals surface area (Å²) in [5.41, 5.74) is 0. The Kier molecular flexibility index (Phi) is 6.35. The molecule has 0 spiro atoms. The number of hydrogen-bond acceptors (Lipinski definition) is 3. The number of aliphatic hydroxyl groups is 1.